The highest BCUT2D eigenvalue weighted by molar-refractivity contribution is 5.35. The Morgan fingerprint density at radius 3 is 2.44 bits per heavy atom. The van der Waals surface area contributed by atoms with Crippen LogP contribution in [0, 0.1) is 6.92 Å². The van der Waals surface area contributed by atoms with Gasteiger partial charge in [-0.25, -0.2) is 0 Å². The topological polar surface area (TPSA) is 21.8 Å². The van der Waals surface area contributed by atoms with Crippen LogP contribution >= 0.6 is 0 Å². The first kappa shape index (κ1) is 19.8. The Balaban J connectivity index is 1.73. The van der Waals surface area contributed by atoms with Crippen molar-refractivity contribution in [2.75, 3.05) is 7.11 Å². The number of epoxide rings is 1. The van der Waals surface area contributed by atoms with Crippen molar-refractivity contribution in [1.82, 2.24) is 0 Å². The van der Waals surface area contributed by atoms with E-state index in [-0.39, 0.29) is 5.60 Å². The van der Waals surface area contributed by atoms with Crippen molar-refractivity contribution in [3.63, 3.8) is 0 Å². The lowest BCUT2D eigenvalue weighted by Gasteiger charge is -2.06. The van der Waals surface area contributed by atoms with Gasteiger partial charge in [-0.15, -0.1) is 0 Å². The zero-order valence-electron chi connectivity index (χ0n) is 16.8. The molecule has 2 heteroatoms. The minimum Gasteiger partial charge on any atom is -0.497 e. The number of rotatable bonds is 9. The fourth-order valence-electron chi connectivity index (χ4n) is 3.20. The molecule has 0 radical (unpaired) electrons. The molecule has 0 aromatic heterocycles. The minimum absolute atomic E-state index is 0.123. The number of hydrogen-bond acceptors (Lipinski definition) is 2. The van der Waals surface area contributed by atoms with Gasteiger partial charge in [-0.2, -0.15) is 0 Å². The first-order chi connectivity index (χ1) is 11.8. The summed E-state index contributed by atoms with van der Waals surface area (Å²) in [6.45, 7) is 10.9. The predicted molar refractivity (Wildman–Crippen MR) is 106 cm³/mol. The molecule has 138 valence electrons. The summed E-state index contributed by atoms with van der Waals surface area (Å²) < 4.78 is 11.0. The summed E-state index contributed by atoms with van der Waals surface area (Å²) >= 11 is 0. The van der Waals surface area contributed by atoms with Crippen molar-refractivity contribution >= 4 is 0 Å². The summed E-state index contributed by atoms with van der Waals surface area (Å²) in [5.41, 5.74) is 5.63. The third-order valence-electron chi connectivity index (χ3n) is 5.03. The van der Waals surface area contributed by atoms with Gasteiger partial charge in [-0.3, -0.25) is 0 Å². The highest BCUT2D eigenvalue weighted by Crippen LogP contribution is 2.38. The van der Waals surface area contributed by atoms with Gasteiger partial charge in [0.25, 0.3) is 0 Å². The van der Waals surface area contributed by atoms with Gasteiger partial charge in [0.1, 0.15) is 5.75 Å². The maximum Gasteiger partial charge on any atom is 0.119 e. The standard InChI is InChI=1S/C23H34O2/c1-17(10-12-20-14-19(3)15-21(16-20)24-6)8-7-9-18(2)11-13-22-23(4,5)25-22/h9-10,14-16,22H,7-8,11-13H2,1-6H3. The van der Waals surface area contributed by atoms with E-state index >= 15 is 0 Å². The average molecular weight is 343 g/mol. The Kier molecular flexibility index (Phi) is 6.89. The van der Waals surface area contributed by atoms with Crippen LogP contribution in [0.2, 0.25) is 0 Å². The second-order valence-electron chi connectivity index (χ2n) is 7.95. The van der Waals surface area contributed by atoms with Crippen LogP contribution in [0.3, 0.4) is 0 Å². The second kappa shape index (κ2) is 8.71. The third kappa shape index (κ3) is 6.70. The molecule has 0 saturated carbocycles. The molecule has 2 nitrogen and oxygen atoms in total. The van der Waals surface area contributed by atoms with Gasteiger partial charge in [0.05, 0.1) is 18.8 Å². The lowest BCUT2D eigenvalue weighted by molar-refractivity contribution is 0.320. The number of ether oxygens (including phenoxy) is 2. The molecule has 1 aliphatic rings. The van der Waals surface area contributed by atoms with Crippen LogP contribution in [-0.4, -0.2) is 18.8 Å². The van der Waals surface area contributed by atoms with Crippen molar-refractivity contribution in [3.05, 3.63) is 52.6 Å². The summed E-state index contributed by atoms with van der Waals surface area (Å²) in [5.74, 6) is 0.947. The molecule has 2 rings (SSSR count). The Bertz CT molecular complexity index is 637. The van der Waals surface area contributed by atoms with E-state index in [1.807, 2.05) is 0 Å². The smallest absolute Gasteiger partial charge is 0.119 e. The van der Waals surface area contributed by atoms with Gasteiger partial charge in [0.15, 0.2) is 0 Å². The summed E-state index contributed by atoms with van der Waals surface area (Å²) in [5, 5.41) is 0. The molecule has 0 amide bonds. The van der Waals surface area contributed by atoms with Gasteiger partial charge in [0.2, 0.25) is 0 Å². The monoisotopic (exact) mass is 342 g/mol. The Morgan fingerprint density at radius 1 is 1.12 bits per heavy atom. The molecule has 1 heterocycles. The van der Waals surface area contributed by atoms with Crippen LogP contribution in [0.1, 0.15) is 64.5 Å². The molecule has 0 bridgehead atoms. The van der Waals surface area contributed by atoms with Gasteiger partial charge in [-0.05, 0) is 90.0 Å². The van der Waals surface area contributed by atoms with E-state index in [1.54, 1.807) is 7.11 Å². The molecular formula is C23H34O2. The highest BCUT2D eigenvalue weighted by atomic mass is 16.6. The Hall–Kier alpha value is -1.54. The van der Waals surface area contributed by atoms with E-state index < -0.39 is 0 Å². The van der Waals surface area contributed by atoms with Crippen molar-refractivity contribution in [2.24, 2.45) is 0 Å². The van der Waals surface area contributed by atoms with Crippen LogP contribution in [-0.2, 0) is 11.2 Å². The van der Waals surface area contributed by atoms with E-state index in [0.29, 0.717) is 6.10 Å². The number of methoxy groups -OCH3 is 1. The van der Waals surface area contributed by atoms with Gasteiger partial charge in [-0.1, -0.05) is 29.4 Å². The van der Waals surface area contributed by atoms with E-state index in [1.165, 1.54) is 22.3 Å². The van der Waals surface area contributed by atoms with E-state index in [2.05, 4.69) is 65.0 Å². The molecule has 1 unspecified atom stereocenters. The van der Waals surface area contributed by atoms with Gasteiger partial charge < -0.3 is 9.47 Å². The molecule has 1 fully saturated rings. The number of hydrogen-bond donors (Lipinski definition) is 0. The molecule has 0 N–H and O–H groups in total. The molecule has 0 spiro atoms. The third-order valence-corrected chi connectivity index (χ3v) is 5.03. The lowest BCUT2D eigenvalue weighted by Crippen LogP contribution is -2.02. The van der Waals surface area contributed by atoms with E-state index in [0.717, 1.165) is 37.9 Å². The predicted octanol–water partition coefficient (Wildman–Crippen LogP) is 6.18. The first-order valence-electron chi connectivity index (χ1n) is 9.44. The average Bonchev–Trinajstić information content (AvgIpc) is 3.17. The minimum atomic E-state index is 0.123. The van der Waals surface area contributed by atoms with Crippen LogP contribution in [0.15, 0.2) is 41.5 Å². The molecule has 1 saturated heterocycles. The van der Waals surface area contributed by atoms with E-state index in [4.69, 9.17) is 9.47 Å². The van der Waals surface area contributed by atoms with E-state index in [9.17, 15) is 0 Å². The number of allylic oxidation sites excluding steroid dienone is 4. The first-order valence-corrected chi connectivity index (χ1v) is 9.44. The SMILES string of the molecule is COc1cc(C)cc(CC=C(C)CCC=C(C)CCC2OC2(C)C)c1. The van der Waals surface area contributed by atoms with Crippen LogP contribution in [0.4, 0.5) is 0 Å². The summed E-state index contributed by atoms with van der Waals surface area (Å²) in [7, 11) is 1.73. The summed E-state index contributed by atoms with van der Waals surface area (Å²) in [4.78, 5) is 0. The van der Waals surface area contributed by atoms with Crippen molar-refractivity contribution in [3.8, 4) is 5.75 Å². The fourth-order valence-corrected chi connectivity index (χ4v) is 3.20. The lowest BCUT2D eigenvalue weighted by atomic mass is 10.0. The normalized spacial score (nSPS) is 19.8. The maximum absolute atomic E-state index is 5.65. The van der Waals surface area contributed by atoms with Crippen molar-refractivity contribution in [1.29, 1.82) is 0 Å². The highest BCUT2D eigenvalue weighted by Gasteiger charge is 2.46. The van der Waals surface area contributed by atoms with Crippen molar-refractivity contribution < 1.29 is 9.47 Å². The van der Waals surface area contributed by atoms with Gasteiger partial charge in [0, 0.05) is 0 Å². The van der Waals surface area contributed by atoms with Crippen LogP contribution < -0.4 is 4.74 Å². The molecule has 1 aliphatic heterocycles. The molecular weight excluding hydrogens is 308 g/mol. The van der Waals surface area contributed by atoms with Gasteiger partial charge >= 0.3 is 0 Å². The number of benzene rings is 1. The zero-order chi connectivity index (χ0) is 18.4. The molecule has 1 aromatic carbocycles. The molecule has 25 heavy (non-hydrogen) atoms. The maximum atomic E-state index is 5.65. The summed E-state index contributed by atoms with van der Waals surface area (Å²) in [6, 6.07) is 6.43. The molecule has 1 atom stereocenters. The van der Waals surface area contributed by atoms with Crippen LogP contribution in [0.25, 0.3) is 0 Å². The Morgan fingerprint density at radius 2 is 1.80 bits per heavy atom. The second-order valence-corrected chi connectivity index (χ2v) is 7.95. The number of aryl methyl sites for hydroxylation is 1. The quantitative estimate of drug-likeness (QED) is 0.395. The Labute approximate surface area is 153 Å². The molecule has 1 aromatic rings. The van der Waals surface area contributed by atoms with Crippen LogP contribution in [0.5, 0.6) is 5.75 Å². The zero-order valence-corrected chi connectivity index (χ0v) is 16.8. The van der Waals surface area contributed by atoms with Crippen molar-refractivity contribution in [2.45, 2.75) is 78.4 Å². The summed E-state index contributed by atoms with van der Waals surface area (Å²) in [6.07, 6.45) is 10.7. The molecule has 0 aliphatic carbocycles. The fraction of sp³-hybridized carbons (Fsp3) is 0.565. The largest absolute Gasteiger partial charge is 0.497 e.